The van der Waals surface area contributed by atoms with E-state index in [9.17, 15) is 8.42 Å². The summed E-state index contributed by atoms with van der Waals surface area (Å²) in [6.07, 6.45) is 0. The molecule has 0 aliphatic carbocycles. The van der Waals surface area contributed by atoms with Crippen molar-refractivity contribution >= 4 is 55.7 Å². The van der Waals surface area contributed by atoms with E-state index in [-0.39, 0.29) is 20.9 Å². The summed E-state index contributed by atoms with van der Waals surface area (Å²) >= 11 is 10.4. The Morgan fingerprint density at radius 1 is 1.56 bits per heavy atom. The number of azide groups is 1. The Hall–Kier alpha value is -0.0200. The minimum Gasteiger partial charge on any atom is -0.213 e. The van der Waals surface area contributed by atoms with Crippen molar-refractivity contribution < 1.29 is 8.42 Å². The molecule has 0 N–H and O–H groups in total. The van der Waals surface area contributed by atoms with Gasteiger partial charge >= 0.3 is 0 Å². The fourth-order valence-corrected chi connectivity index (χ4v) is 4.85. The van der Waals surface area contributed by atoms with Gasteiger partial charge in [-0.1, -0.05) is 22.8 Å². The van der Waals surface area contributed by atoms with E-state index in [0.29, 0.717) is 5.56 Å². The molecule has 0 saturated carbocycles. The number of hydrogen-bond acceptors (Lipinski definition) is 3. The van der Waals surface area contributed by atoms with Crippen LogP contribution < -0.4 is 0 Å². The molecule has 0 amide bonds. The lowest BCUT2D eigenvalue weighted by atomic mass is 10.2. The third kappa shape index (κ3) is 3.24. The van der Waals surface area contributed by atoms with Crippen LogP contribution in [-0.4, -0.2) is 8.42 Å². The topological polar surface area (TPSA) is 82.9 Å². The van der Waals surface area contributed by atoms with Gasteiger partial charge in [0.25, 0.3) is 0 Å². The van der Waals surface area contributed by atoms with E-state index < -0.39 is 7.01 Å². The maximum Gasteiger partial charge on any atom is 0.232 e. The minimum absolute atomic E-state index is 0.0789. The number of hydrogen-bond donors (Lipinski definition) is 0. The molecule has 1 rings (SSSR count). The van der Waals surface area contributed by atoms with Crippen LogP contribution in [0.15, 0.2) is 26.6 Å². The third-order valence-corrected chi connectivity index (χ3v) is 5.73. The highest BCUT2D eigenvalue weighted by Gasteiger charge is 2.17. The maximum atomic E-state index is 11.3. The lowest BCUT2D eigenvalue weighted by Crippen LogP contribution is -1.94. The van der Waals surface area contributed by atoms with Gasteiger partial charge in [-0.15, -0.1) is 0 Å². The fraction of sp³-hybridized carbons (Fsp3) is 0.143. The first-order valence-corrected chi connectivity index (χ1v) is 9.00. The first-order chi connectivity index (χ1) is 7.38. The molecule has 1 aromatic rings. The van der Waals surface area contributed by atoms with Crippen LogP contribution in [0.3, 0.4) is 0 Å². The quantitative estimate of drug-likeness (QED) is 0.236. The number of halogens is 3. The lowest BCUT2D eigenvalue weighted by Gasteiger charge is -2.06. The van der Waals surface area contributed by atoms with E-state index >= 15 is 0 Å². The summed E-state index contributed by atoms with van der Waals surface area (Å²) in [5.74, 6) is 0. The van der Waals surface area contributed by atoms with Crippen molar-refractivity contribution in [2.45, 2.75) is 11.4 Å². The Morgan fingerprint density at radius 3 is 2.69 bits per heavy atom. The second-order valence-corrected chi connectivity index (χ2v) is 8.64. The van der Waals surface area contributed by atoms with Gasteiger partial charge in [0.2, 0.25) is 7.01 Å². The maximum absolute atomic E-state index is 11.3. The van der Waals surface area contributed by atoms with Crippen molar-refractivity contribution in [3.05, 3.63) is 37.6 Å². The van der Waals surface area contributed by atoms with Gasteiger partial charge in [0.15, 0.2) is 0 Å². The van der Waals surface area contributed by atoms with Crippen molar-refractivity contribution in [1.29, 1.82) is 0 Å². The van der Waals surface area contributed by atoms with Crippen molar-refractivity contribution in [2.75, 3.05) is 0 Å². The summed E-state index contributed by atoms with van der Waals surface area (Å²) in [7, 11) is -3.36. The normalized spacial score (nSPS) is 10.9. The van der Waals surface area contributed by atoms with E-state index in [4.69, 9.17) is 17.1 Å². The summed E-state index contributed by atoms with van der Waals surface area (Å²) in [4.78, 5) is 2.70. The predicted molar refractivity (Wildman–Crippen MR) is 73.2 cm³/mol. The summed E-state index contributed by atoms with van der Waals surface area (Å²) in [6, 6.07) is 2.94. The molecule has 0 aromatic heterocycles. The molecule has 0 spiro atoms. The minimum atomic E-state index is -3.36. The highest BCUT2D eigenvalue weighted by molar-refractivity contribution is 14.2. The van der Waals surface area contributed by atoms with Crippen LogP contribution in [0.5, 0.6) is 0 Å². The van der Waals surface area contributed by atoms with Gasteiger partial charge in [-0.25, -0.2) is 8.42 Å². The van der Waals surface area contributed by atoms with E-state index in [1.54, 1.807) is 0 Å². The molecule has 0 radical (unpaired) electrons. The van der Waals surface area contributed by atoms with Gasteiger partial charge in [-0.3, -0.25) is 0 Å². The zero-order valence-corrected chi connectivity index (χ0v) is 12.9. The van der Waals surface area contributed by atoms with Crippen LogP contribution in [0.4, 0.5) is 0 Å². The molecule has 0 saturated heterocycles. The average molecular weight is 436 g/mol. The zero-order valence-electron chi connectivity index (χ0n) is 7.56. The SMILES string of the molecule is [N-]=[N+]=NCc1ccc(S(=O)(=O)I)c(Br)c1Cl. The molecule has 1 aromatic carbocycles. The smallest absolute Gasteiger partial charge is 0.213 e. The molecule has 0 atom stereocenters. The number of rotatable bonds is 3. The van der Waals surface area contributed by atoms with Gasteiger partial charge in [-0.2, -0.15) is 0 Å². The molecule has 0 aliphatic rings. The summed E-state index contributed by atoms with van der Waals surface area (Å²) in [5.41, 5.74) is 8.74. The molecule has 0 fully saturated rings. The first kappa shape index (κ1) is 14.0. The summed E-state index contributed by atoms with van der Waals surface area (Å²) in [6.45, 7) is 0.0789. The van der Waals surface area contributed by atoms with Gasteiger partial charge in [0.1, 0.15) is 0 Å². The van der Waals surface area contributed by atoms with Crippen LogP contribution in [0, 0.1) is 0 Å². The van der Waals surface area contributed by atoms with Crippen LogP contribution in [0.1, 0.15) is 5.56 Å². The van der Waals surface area contributed by atoms with Crippen molar-refractivity contribution in [2.24, 2.45) is 5.11 Å². The largest absolute Gasteiger partial charge is 0.232 e. The van der Waals surface area contributed by atoms with E-state index in [0.717, 1.165) is 0 Å². The lowest BCUT2D eigenvalue weighted by molar-refractivity contribution is 0.612. The Morgan fingerprint density at radius 2 is 2.19 bits per heavy atom. The second kappa shape index (κ2) is 5.54. The molecule has 9 heteroatoms. The van der Waals surface area contributed by atoms with Gasteiger partial charge < -0.3 is 0 Å². The highest BCUT2D eigenvalue weighted by Crippen LogP contribution is 2.35. The van der Waals surface area contributed by atoms with Crippen LogP contribution in [0.2, 0.25) is 5.02 Å². The van der Waals surface area contributed by atoms with Gasteiger partial charge in [-0.05, 0) is 33.1 Å². The van der Waals surface area contributed by atoms with Gasteiger partial charge in [0, 0.05) is 4.91 Å². The molecule has 86 valence electrons. The fourth-order valence-electron chi connectivity index (χ4n) is 0.990. The Kier molecular flexibility index (Phi) is 4.87. The standard InChI is InChI=1S/C7H4BrClIN3O2S/c8-6-5(16(10,14)15)2-1-4(7(6)9)3-12-13-11/h1-2H,3H2. The second-order valence-electron chi connectivity index (χ2n) is 2.68. The summed E-state index contributed by atoms with van der Waals surface area (Å²) in [5, 5.41) is 3.60. The number of benzene rings is 1. The summed E-state index contributed by atoms with van der Waals surface area (Å²) < 4.78 is 23.0. The zero-order chi connectivity index (χ0) is 12.3. The number of nitrogens with zero attached hydrogens (tertiary/aromatic N) is 3. The Bertz CT molecular complexity index is 571. The van der Waals surface area contributed by atoms with E-state index in [1.165, 1.54) is 33.3 Å². The van der Waals surface area contributed by atoms with Gasteiger partial charge in [0.05, 0.1) is 42.1 Å². The third-order valence-electron chi connectivity index (χ3n) is 1.69. The monoisotopic (exact) mass is 435 g/mol. The van der Waals surface area contributed by atoms with Crippen molar-refractivity contribution in [3.8, 4) is 0 Å². The molecule has 0 unspecified atom stereocenters. The van der Waals surface area contributed by atoms with E-state index in [1.807, 2.05) is 0 Å². The van der Waals surface area contributed by atoms with Crippen LogP contribution in [0.25, 0.3) is 10.4 Å². The predicted octanol–water partition coefficient (Wildman–Crippen LogP) is 4.04. The Balaban J connectivity index is 3.34. The average Bonchev–Trinajstić information content (AvgIpc) is 2.18. The van der Waals surface area contributed by atoms with Crippen molar-refractivity contribution in [3.63, 3.8) is 0 Å². The molecule has 0 bridgehead atoms. The molecule has 0 aliphatic heterocycles. The first-order valence-electron chi connectivity index (χ1n) is 3.80. The molecular formula is C7H4BrClIN3O2S. The van der Waals surface area contributed by atoms with Crippen LogP contribution in [-0.2, 0) is 13.6 Å². The molecular weight excluding hydrogens is 432 g/mol. The molecule has 0 heterocycles. The highest BCUT2D eigenvalue weighted by atomic mass is 127. The van der Waals surface area contributed by atoms with Crippen molar-refractivity contribution in [1.82, 2.24) is 0 Å². The van der Waals surface area contributed by atoms with E-state index in [2.05, 4.69) is 26.0 Å². The molecule has 16 heavy (non-hydrogen) atoms. The van der Waals surface area contributed by atoms with Crippen LogP contribution >= 0.6 is 48.7 Å². The molecule has 5 nitrogen and oxygen atoms in total. The Labute approximate surface area is 117 Å².